The molecule has 0 bridgehead atoms. The normalized spacial score (nSPS) is 16.9. The van der Waals surface area contributed by atoms with Crippen molar-refractivity contribution >= 4 is 11.7 Å². The van der Waals surface area contributed by atoms with Crippen LogP contribution in [0.2, 0.25) is 0 Å². The number of rotatable bonds is 4. The molecular weight excluding hydrogens is 302 g/mol. The number of hydrogen-bond donors (Lipinski definition) is 0. The molecule has 0 aromatic heterocycles. The number of carbonyl (C=O) groups excluding carboxylic acids is 2. The zero-order valence-electron chi connectivity index (χ0n) is 14.0. The Morgan fingerprint density at radius 2 is 1.83 bits per heavy atom. The van der Waals surface area contributed by atoms with Gasteiger partial charge in [0.2, 0.25) is 0 Å². The number of carbonyl (C=O) groups is 2. The Labute approximate surface area is 142 Å². The predicted molar refractivity (Wildman–Crippen MR) is 92.6 cm³/mol. The molecule has 124 valence electrons. The first-order chi connectivity index (χ1) is 11.6. The Morgan fingerprint density at radius 3 is 2.50 bits per heavy atom. The second-order valence-electron chi connectivity index (χ2n) is 6.07. The second-order valence-corrected chi connectivity index (χ2v) is 6.07. The monoisotopic (exact) mass is 323 g/mol. The Bertz CT molecular complexity index is 755. The molecule has 1 aliphatic rings. The van der Waals surface area contributed by atoms with Crippen molar-refractivity contribution in [1.29, 1.82) is 0 Å². The molecular formula is C20H21NO3. The lowest BCUT2D eigenvalue weighted by Crippen LogP contribution is -2.40. The van der Waals surface area contributed by atoms with Crippen molar-refractivity contribution in [2.24, 2.45) is 0 Å². The maximum absolute atomic E-state index is 12.9. The van der Waals surface area contributed by atoms with Gasteiger partial charge in [0.1, 0.15) is 5.75 Å². The zero-order valence-corrected chi connectivity index (χ0v) is 14.0. The van der Waals surface area contributed by atoms with Gasteiger partial charge in [0, 0.05) is 17.7 Å². The van der Waals surface area contributed by atoms with Gasteiger partial charge in [0.25, 0.3) is 5.91 Å². The highest BCUT2D eigenvalue weighted by Crippen LogP contribution is 2.26. The van der Waals surface area contributed by atoms with Gasteiger partial charge in [-0.05, 0) is 55.7 Å². The summed E-state index contributed by atoms with van der Waals surface area (Å²) in [6, 6.07) is 14.2. The van der Waals surface area contributed by atoms with E-state index in [0.29, 0.717) is 24.1 Å². The number of ketones is 1. The largest absolute Gasteiger partial charge is 0.496 e. The van der Waals surface area contributed by atoms with Gasteiger partial charge >= 0.3 is 0 Å². The molecule has 1 heterocycles. The molecule has 2 aromatic rings. The minimum absolute atomic E-state index is 0.00235. The number of benzene rings is 2. The fraction of sp³-hybridized carbons (Fsp3) is 0.300. The van der Waals surface area contributed by atoms with Gasteiger partial charge in [-0.1, -0.05) is 18.2 Å². The van der Waals surface area contributed by atoms with Crippen molar-refractivity contribution in [3.8, 4) is 5.75 Å². The summed E-state index contributed by atoms with van der Waals surface area (Å²) < 4.78 is 5.25. The average molecular weight is 323 g/mol. The van der Waals surface area contributed by atoms with Gasteiger partial charge in [-0.2, -0.15) is 0 Å². The van der Waals surface area contributed by atoms with Crippen LogP contribution in [0.15, 0.2) is 48.5 Å². The SMILES string of the molecule is COc1ccc(C(=O)C2CCCN2C(=O)c2ccccc2)cc1C. The Hall–Kier alpha value is -2.62. The lowest BCUT2D eigenvalue weighted by molar-refractivity contribution is 0.0671. The summed E-state index contributed by atoms with van der Waals surface area (Å²) in [6.07, 6.45) is 1.56. The molecule has 2 aromatic carbocycles. The first kappa shape index (κ1) is 16.2. The fourth-order valence-corrected chi connectivity index (χ4v) is 3.25. The third-order valence-corrected chi connectivity index (χ3v) is 4.52. The molecule has 0 saturated carbocycles. The van der Waals surface area contributed by atoms with Crippen LogP contribution in [0.25, 0.3) is 0 Å². The van der Waals surface area contributed by atoms with E-state index in [2.05, 4.69) is 0 Å². The van der Waals surface area contributed by atoms with E-state index in [1.807, 2.05) is 31.2 Å². The quantitative estimate of drug-likeness (QED) is 0.809. The molecule has 1 amide bonds. The highest BCUT2D eigenvalue weighted by Gasteiger charge is 2.34. The van der Waals surface area contributed by atoms with Crippen LogP contribution in [0.3, 0.4) is 0 Å². The van der Waals surface area contributed by atoms with E-state index in [-0.39, 0.29) is 17.7 Å². The van der Waals surface area contributed by atoms with Crippen molar-refractivity contribution in [3.05, 3.63) is 65.2 Å². The van der Waals surface area contributed by atoms with Crippen LogP contribution in [0.4, 0.5) is 0 Å². The zero-order chi connectivity index (χ0) is 17.1. The van der Waals surface area contributed by atoms with Crippen molar-refractivity contribution in [2.75, 3.05) is 13.7 Å². The van der Waals surface area contributed by atoms with Gasteiger partial charge < -0.3 is 9.64 Å². The van der Waals surface area contributed by atoms with Crippen molar-refractivity contribution in [1.82, 2.24) is 4.90 Å². The van der Waals surface area contributed by atoms with Gasteiger partial charge in [-0.15, -0.1) is 0 Å². The summed E-state index contributed by atoms with van der Waals surface area (Å²) in [5, 5.41) is 0. The summed E-state index contributed by atoms with van der Waals surface area (Å²) >= 11 is 0. The standard InChI is InChI=1S/C20H21NO3/c1-14-13-16(10-11-18(14)24-2)19(22)17-9-6-12-21(17)20(23)15-7-4-3-5-8-15/h3-5,7-8,10-11,13,17H,6,9,12H2,1-2H3. The molecule has 4 heteroatoms. The molecule has 0 N–H and O–H groups in total. The lowest BCUT2D eigenvalue weighted by Gasteiger charge is -2.24. The Balaban J connectivity index is 1.84. The number of hydrogen-bond acceptors (Lipinski definition) is 3. The number of ether oxygens (including phenoxy) is 1. The highest BCUT2D eigenvalue weighted by atomic mass is 16.5. The predicted octanol–water partition coefficient (Wildman–Crippen LogP) is 3.49. The van der Waals surface area contributed by atoms with Crippen LogP contribution in [-0.4, -0.2) is 36.3 Å². The Kier molecular flexibility index (Phi) is 4.65. The van der Waals surface area contributed by atoms with Crippen molar-refractivity contribution in [3.63, 3.8) is 0 Å². The molecule has 1 unspecified atom stereocenters. The van der Waals surface area contributed by atoms with E-state index >= 15 is 0 Å². The number of Topliss-reactive ketones (excluding diaryl/α,β-unsaturated/α-hetero) is 1. The van der Waals surface area contributed by atoms with E-state index < -0.39 is 0 Å². The van der Waals surface area contributed by atoms with Crippen LogP contribution in [0, 0.1) is 6.92 Å². The molecule has 1 fully saturated rings. The van der Waals surface area contributed by atoms with E-state index in [1.54, 1.807) is 36.3 Å². The van der Waals surface area contributed by atoms with Crippen LogP contribution in [0.1, 0.15) is 39.1 Å². The smallest absolute Gasteiger partial charge is 0.254 e. The van der Waals surface area contributed by atoms with Gasteiger partial charge in [-0.3, -0.25) is 9.59 Å². The van der Waals surface area contributed by atoms with Crippen LogP contribution in [0.5, 0.6) is 5.75 Å². The summed E-state index contributed by atoms with van der Waals surface area (Å²) in [5.74, 6) is 0.689. The summed E-state index contributed by atoms with van der Waals surface area (Å²) in [6.45, 7) is 2.54. The molecule has 3 rings (SSSR count). The molecule has 4 nitrogen and oxygen atoms in total. The number of likely N-dealkylation sites (tertiary alicyclic amines) is 1. The molecule has 1 atom stereocenters. The van der Waals surface area contributed by atoms with Crippen molar-refractivity contribution < 1.29 is 14.3 Å². The maximum Gasteiger partial charge on any atom is 0.254 e. The third kappa shape index (κ3) is 3.04. The lowest BCUT2D eigenvalue weighted by atomic mass is 9.99. The van der Waals surface area contributed by atoms with Gasteiger partial charge in [-0.25, -0.2) is 0 Å². The molecule has 1 saturated heterocycles. The number of aryl methyl sites for hydroxylation is 1. The molecule has 1 aliphatic heterocycles. The highest BCUT2D eigenvalue weighted by molar-refractivity contribution is 6.04. The fourth-order valence-electron chi connectivity index (χ4n) is 3.25. The van der Waals surface area contributed by atoms with E-state index in [0.717, 1.165) is 17.7 Å². The minimum Gasteiger partial charge on any atom is -0.496 e. The molecule has 0 radical (unpaired) electrons. The minimum atomic E-state index is -0.384. The maximum atomic E-state index is 12.9. The van der Waals surface area contributed by atoms with E-state index in [4.69, 9.17) is 4.74 Å². The summed E-state index contributed by atoms with van der Waals surface area (Å²) in [7, 11) is 1.61. The molecule has 24 heavy (non-hydrogen) atoms. The van der Waals surface area contributed by atoms with Crippen LogP contribution >= 0.6 is 0 Å². The van der Waals surface area contributed by atoms with Crippen molar-refractivity contribution in [2.45, 2.75) is 25.8 Å². The number of amides is 1. The number of nitrogens with zero attached hydrogens (tertiary/aromatic N) is 1. The molecule has 0 spiro atoms. The van der Waals surface area contributed by atoms with Gasteiger partial charge in [0.15, 0.2) is 5.78 Å². The first-order valence-electron chi connectivity index (χ1n) is 8.16. The van der Waals surface area contributed by atoms with Crippen LogP contribution < -0.4 is 4.74 Å². The van der Waals surface area contributed by atoms with E-state index in [9.17, 15) is 9.59 Å². The van der Waals surface area contributed by atoms with Gasteiger partial charge in [0.05, 0.1) is 13.2 Å². The topological polar surface area (TPSA) is 46.6 Å². The summed E-state index contributed by atoms with van der Waals surface area (Å²) in [4.78, 5) is 27.3. The second kappa shape index (κ2) is 6.87. The Morgan fingerprint density at radius 1 is 1.08 bits per heavy atom. The van der Waals surface area contributed by atoms with Crippen LogP contribution in [-0.2, 0) is 0 Å². The third-order valence-electron chi connectivity index (χ3n) is 4.52. The van der Waals surface area contributed by atoms with E-state index in [1.165, 1.54) is 0 Å². The molecule has 0 aliphatic carbocycles. The average Bonchev–Trinajstić information content (AvgIpc) is 3.10. The number of methoxy groups -OCH3 is 1. The summed E-state index contributed by atoms with van der Waals surface area (Å²) in [5.41, 5.74) is 2.18. The first-order valence-corrected chi connectivity index (χ1v) is 8.16.